The van der Waals surface area contributed by atoms with Gasteiger partial charge in [-0.1, -0.05) is 17.3 Å². The van der Waals surface area contributed by atoms with E-state index in [1.807, 2.05) is 38.1 Å². The van der Waals surface area contributed by atoms with Crippen molar-refractivity contribution in [2.45, 2.75) is 25.9 Å². The largest absolute Gasteiger partial charge is 0.497 e. The fourth-order valence-electron chi connectivity index (χ4n) is 3.71. The second-order valence-electron chi connectivity index (χ2n) is 7.74. The van der Waals surface area contributed by atoms with Crippen LogP contribution in [0.3, 0.4) is 0 Å². The van der Waals surface area contributed by atoms with Crippen molar-refractivity contribution < 1.29 is 19.2 Å². The van der Waals surface area contributed by atoms with Crippen molar-refractivity contribution in [3.05, 3.63) is 89.2 Å². The maximum Gasteiger partial charge on any atom is 0.282 e. The molecule has 0 saturated carbocycles. The molecule has 4 rings (SSSR count). The molecule has 1 aromatic heterocycles. The molecule has 2 aromatic carbocycles. The molecule has 0 aliphatic carbocycles. The molecule has 2 heterocycles. The third-order valence-corrected chi connectivity index (χ3v) is 5.25. The Balaban J connectivity index is 1.69. The average molecular weight is 429 g/mol. The number of nitrogens with zero attached hydrogens (tertiary/aromatic N) is 2. The second-order valence-corrected chi connectivity index (χ2v) is 7.74. The molecule has 7 nitrogen and oxygen atoms in total. The molecule has 1 aliphatic rings. The van der Waals surface area contributed by atoms with Crippen LogP contribution in [0.1, 0.15) is 33.6 Å². The van der Waals surface area contributed by atoms with Crippen LogP contribution in [0.25, 0.3) is 0 Å². The molecular weight excluding hydrogens is 406 g/mol. The van der Waals surface area contributed by atoms with E-state index in [0.717, 1.165) is 11.1 Å². The van der Waals surface area contributed by atoms with Gasteiger partial charge in [-0.2, -0.15) is 0 Å². The molecule has 1 N–H and O–H groups in total. The second kappa shape index (κ2) is 8.63. The number of carbonyl (C=O) groups excluding carboxylic acids is 2. The highest BCUT2D eigenvalue weighted by molar-refractivity contribution is 6.24. The van der Waals surface area contributed by atoms with E-state index >= 15 is 0 Å². The summed E-state index contributed by atoms with van der Waals surface area (Å²) in [5.74, 6) is -0.470. The van der Waals surface area contributed by atoms with Gasteiger partial charge < -0.3 is 14.9 Å². The van der Waals surface area contributed by atoms with Gasteiger partial charge in [-0.05, 0) is 73.5 Å². The molecule has 0 spiro atoms. The van der Waals surface area contributed by atoms with Crippen LogP contribution in [0.15, 0.2) is 72.0 Å². The normalized spacial score (nSPS) is 17.3. The molecular formula is C25H23N3O4. The summed E-state index contributed by atoms with van der Waals surface area (Å²) in [5, 5.41) is 6.93. The Hall–Kier alpha value is -4.00. The number of amides is 1. The lowest BCUT2D eigenvalue weighted by Gasteiger charge is -2.24. The molecule has 0 fully saturated rings. The number of nitrogens with one attached hydrogen (secondary N) is 1. The number of Topliss-reactive ketones (excluding diaryl/α,β-unsaturated/α-hetero) is 1. The van der Waals surface area contributed by atoms with Crippen LogP contribution < -0.4 is 10.1 Å². The highest BCUT2D eigenvalue weighted by Crippen LogP contribution is 2.32. The Labute approximate surface area is 186 Å². The van der Waals surface area contributed by atoms with Gasteiger partial charge in [0.05, 0.1) is 19.2 Å². The van der Waals surface area contributed by atoms with Crippen molar-refractivity contribution in [1.29, 1.82) is 0 Å². The fraction of sp³-hybridized carbons (Fsp3) is 0.200. The van der Waals surface area contributed by atoms with Gasteiger partial charge in [0.2, 0.25) is 5.78 Å². The maximum atomic E-state index is 13.6. The molecule has 3 aromatic rings. The quantitative estimate of drug-likeness (QED) is 0.471. The van der Waals surface area contributed by atoms with E-state index in [-0.39, 0.29) is 6.42 Å². The first-order chi connectivity index (χ1) is 15.4. The number of rotatable bonds is 6. The van der Waals surface area contributed by atoms with E-state index in [1.165, 1.54) is 0 Å². The highest BCUT2D eigenvalue weighted by atomic mass is 16.7. The smallest absolute Gasteiger partial charge is 0.282 e. The Kier molecular flexibility index (Phi) is 5.73. The first kappa shape index (κ1) is 21.2. The number of anilines is 1. The maximum absolute atomic E-state index is 13.6. The van der Waals surface area contributed by atoms with Gasteiger partial charge in [-0.25, -0.2) is 0 Å². The minimum Gasteiger partial charge on any atom is -0.497 e. The van der Waals surface area contributed by atoms with E-state index in [1.54, 1.807) is 49.7 Å². The number of aryl methyl sites for hydroxylation is 2. The van der Waals surface area contributed by atoms with E-state index in [4.69, 9.17) is 9.57 Å². The zero-order valence-corrected chi connectivity index (χ0v) is 18.1. The number of carbonyl (C=O) groups is 2. The summed E-state index contributed by atoms with van der Waals surface area (Å²) in [4.78, 5) is 37.0. The third-order valence-electron chi connectivity index (χ3n) is 5.25. The van der Waals surface area contributed by atoms with E-state index < -0.39 is 17.3 Å². The number of oxime groups is 1. The van der Waals surface area contributed by atoms with Gasteiger partial charge in [0, 0.05) is 17.4 Å². The van der Waals surface area contributed by atoms with Crippen LogP contribution >= 0.6 is 0 Å². The zero-order chi connectivity index (χ0) is 22.7. The van der Waals surface area contributed by atoms with E-state index in [0.29, 0.717) is 28.4 Å². The van der Waals surface area contributed by atoms with Gasteiger partial charge in [-0.3, -0.25) is 14.6 Å². The molecule has 7 heteroatoms. The molecule has 162 valence electrons. The lowest BCUT2D eigenvalue weighted by atomic mass is 9.86. The number of pyridine rings is 1. The topological polar surface area (TPSA) is 89.9 Å². The van der Waals surface area contributed by atoms with Crippen molar-refractivity contribution in [2.75, 3.05) is 12.4 Å². The van der Waals surface area contributed by atoms with Gasteiger partial charge in [-0.15, -0.1) is 0 Å². The van der Waals surface area contributed by atoms with Crippen LogP contribution in [-0.4, -0.2) is 35.1 Å². The van der Waals surface area contributed by atoms with Crippen LogP contribution in [0.5, 0.6) is 5.75 Å². The Morgan fingerprint density at radius 3 is 2.38 bits per heavy atom. The number of aromatic nitrogens is 1. The van der Waals surface area contributed by atoms with E-state index in [9.17, 15) is 9.59 Å². The van der Waals surface area contributed by atoms with Crippen LogP contribution in [-0.2, 0) is 9.63 Å². The summed E-state index contributed by atoms with van der Waals surface area (Å²) in [6.45, 7) is 3.88. The van der Waals surface area contributed by atoms with Gasteiger partial charge in [0.1, 0.15) is 11.5 Å². The fourth-order valence-corrected chi connectivity index (χ4v) is 3.71. The summed E-state index contributed by atoms with van der Waals surface area (Å²) in [6, 6.07) is 17.6. The summed E-state index contributed by atoms with van der Waals surface area (Å²) < 4.78 is 5.17. The number of methoxy groups -OCH3 is 1. The molecule has 0 bridgehead atoms. The predicted octanol–water partition coefficient (Wildman–Crippen LogP) is 4.09. The molecule has 0 saturated heterocycles. The predicted molar refractivity (Wildman–Crippen MR) is 121 cm³/mol. The Bertz CT molecular complexity index is 1170. The van der Waals surface area contributed by atoms with Crippen LogP contribution in [0.2, 0.25) is 0 Å². The summed E-state index contributed by atoms with van der Waals surface area (Å²) >= 11 is 0. The molecule has 0 radical (unpaired) electrons. The number of hydrogen-bond donors (Lipinski definition) is 1. The number of ether oxygens (including phenoxy) is 1. The van der Waals surface area contributed by atoms with Crippen molar-refractivity contribution in [3.63, 3.8) is 0 Å². The number of ketones is 1. The monoisotopic (exact) mass is 429 g/mol. The minimum atomic E-state index is -1.85. The van der Waals surface area contributed by atoms with Crippen molar-refractivity contribution in [2.24, 2.45) is 5.16 Å². The zero-order valence-electron chi connectivity index (χ0n) is 18.1. The molecule has 1 amide bonds. The molecule has 1 unspecified atom stereocenters. The molecule has 1 aliphatic heterocycles. The lowest BCUT2D eigenvalue weighted by Crippen LogP contribution is -2.50. The van der Waals surface area contributed by atoms with Gasteiger partial charge >= 0.3 is 0 Å². The Morgan fingerprint density at radius 1 is 1.03 bits per heavy atom. The first-order valence-electron chi connectivity index (χ1n) is 10.2. The Morgan fingerprint density at radius 2 is 1.75 bits per heavy atom. The lowest BCUT2D eigenvalue weighted by molar-refractivity contribution is -0.132. The summed E-state index contributed by atoms with van der Waals surface area (Å²) in [6.07, 6.45) is 1.59. The standard InChI is InChI=1S/C25H23N3O4/c1-16-12-17(2)14-19(13-16)27-24(30)25(23(29)18-7-9-20(31-3)10-8-18)15-22(28-32-25)21-6-4-5-11-26-21/h4-14H,15H2,1-3H3,(H,27,30). The van der Waals surface area contributed by atoms with Crippen molar-refractivity contribution >= 4 is 23.1 Å². The van der Waals surface area contributed by atoms with Crippen LogP contribution in [0.4, 0.5) is 5.69 Å². The summed E-state index contributed by atoms with van der Waals surface area (Å²) in [5.41, 5.74) is 2.03. The van der Waals surface area contributed by atoms with Gasteiger partial charge in [0.25, 0.3) is 11.5 Å². The van der Waals surface area contributed by atoms with Gasteiger partial charge in [0.15, 0.2) is 0 Å². The SMILES string of the molecule is COc1ccc(C(=O)C2(C(=O)Nc3cc(C)cc(C)c3)CC(c3ccccn3)=NO2)cc1. The van der Waals surface area contributed by atoms with Crippen molar-refractivity contribution in [1.82, 2.24) is 4.98 Å². The highest BCUT2D eigenvalue weighted by Gasteiger charge is 2.54. The number of benzene rings is 2. The molecule has 32 heavy (non-hydrogen) atoms. The third kappa shape index (κ3) is 4.09. The number of hydrogen-bond acceptors (Lipinski definition) is 6. The van der Waals surface area contributed by atoms with Crippen molar-refractivity contribution in [3.8, 4) is 5.75 Å². The molecule has 1 atom stereocenters. The average Bonchev–Trinajstić information content (AvgIpc) is 3.25. The van der Waals surface area contributed by atoms with E-state index in [2.05, 4.69) is 15.5 Å². The summed E-state index contributed by atoms with van der Waals surface area (Å²) in [7, 11) is 1.54. The first-order valence-corrected chi connectivity index (χ1v) is 10.2. The minimum absolute atomic E-state index is 0.0362. The van der Waals surface area contributed by atoms with Crippen LogP contribution in [0, 0.1) is 13.8 Å².